The number of hydrogen-bond acceptors (Lipinski definition) is 3. The number of likely N-dealkylation sites (N-methyl/N-ethyl adjacent to an activating group) is 1. The summed E-state index contributed by atoms with van der Waals surface area (Å²) >= 11 is 6.39. The molecular formula is C15H23ClN2O. The molecule has 1 saturated heterocycles. The van der Waals surface area contributed by atoms with Crippen LogP contribution in [0.2, 0.25) is 5.02 Å². The molecule has 0 saturated carbocycles. The van der Waals surface area contributed by atoms with Crippen molar-refractivity contribution >= 4 is 17.3 Å². The third-order valence-corrected chi connectivity index (χ3v) is 4.18. The van der Waals surface area contributed by atoms with Crippen molar-refractivity contribution in [3.05, 3.63) is 28.8 Å². The zero-order chi connectivity index (χ0) is 13.8. The van der Waals surface area contributed by atoms with Crippen molar-refractivity contribution < 1.29 is 5.11 Å². The average Bonchev–Trinajstić information content (AvgIpc) is 2.60. The van der Waals surface area contributed by atoms with Crippen molar-refractivity contribution in [2.75, 3.05) is 31.6 Å². The summed E-state index contributed by atoms with van der Waals surface area (Å²) in [7, 11) is 2.18. The number of rotatable bonds is 3. The van der Waals surface area contributed by atoms with E-state index in [4.69, 9.17) is 16.7 Å². The number of aliphatic hydroxyl groups is 1. The van der Waals surface area contributed by atoms with Crippen LogP contribution in [0.4, 0.5) is 5.69 Å². The highest BCUT2D eigenvalue weighted by molar-refractivity contribution is 6.33. The van der Waals surface area contributed by atoms with E-state index in [1.165, 1.54) is 0 Å². The van der Waals surface area contributed by atoms with E-state index in [2.05, 4.69) is 23.8 Å². The van der Waals surface area contributed by atoms with E-state index in [-0.39, 0.29) is 6.61 Å². The molecule has 1 N–H and O–H groups in total. The first-order valence-corrected chi connectivity index (χ1v) is 7.38. The molecule has 1 aliphatic heterocycles. The molecule has 1 heterocycles. The Bertz CT molecular complexity index is 425. The second kappa shape index (κ2) is 6.60. The molecule has 0 radical (unpaired) electrons. The third kappa shape index (κ3) is 3.41. The van der Waals surface area contributed by atoms with Crippen LogP contribution in [0.3, 0.4) is 0 Å². The molecule has 0 spiro atoms. The van der Waals surface area contributed by atoms with Crippen LogP contribution in [-0.2, 0) is 6.61 Å². The van der Waals surface area contributed by atoms with Gasteiger partial charge in [0, 0.05) is 19.1 Å². The van der Waals surface area contributed by atoms with E-state index in [0.717, 1.165) is 48.7 Å². The number of hydrogen-bond donors (Lipinski definition) is 1. The molecule has 3 nitrogen and oxygen atoms in total. The number of anilines is 1. The lowest BCUT2D eigenvalue weighted by atomic mass is 10.1. The van der Waals surface area contributed by atoms with Gasteiger partial charge in [-0.2, -0.15) is 0 Å². The quantitative estimate of drug-likeness (QED) is 0.923. The molecule has 1 aliphatic rings. The van der Waals surface area contributed by atoms with Crippen molar-refractivity contribution in [3.8, 4) is 0 Å². The summed E-state index contributed by atoms with van der Waals surface area (Å²) in [4.78, 5) is 4.82. The second-order valence-corrected chi connectivity index (χ2v) is 5.72. The molecule has 0 aromatic heterocycles. The van der Waals surface area contributed by atoms with E-state index < -0.39 is 0 Å². The molecule has 19 heavy (non-hydrogen) atoms. The molecule has 1 unspecified atom stereocenters. The van der Waals surface area contributed by atoms with Crippen LogP contribution < -0.4 is 4.90 Å². The summed E-state index contributed by atoms with van der Waals surface area (Å²) in [6, 6.07) is 6.38. The molecule has 106 valence electrons. The lowest BCUT2D eigenvalue weighted by Gasteiger charge is -2.33. The Kier molecular flexibility index (Phi) is 5.08. The Morgan fingerprint density at radius 1 is 1.37 bits per heavy atom. The highest BCUT2D eigenvalue weighted by Gasteiger charge is 2.23. The van der Waals surface area contributed by atoms with Gasteiger partial charge in [-0.25, -0.2) is 0 Å². The second-order valence-electron chi connectivity index (χ2n) is 5.32. The summed E-state index contributed by atoms with van der Waals surface area (Å²) in [5, 5.41) is 9.91. The van der Waals surface area contributed by atoms with Gasteiger partial charge in [0.05, 0.1) is 17.3 Å². The Hall–Kier alpha value is -0.770. The van der Waals surface area contributed by atoms with Crippen LogP contribution in [-0.4, -0.2) is 42.7 Å². The van der Waals surface area contributed by atoms with E-state index in [1.807, 2.05) is 18.2 Å². The van der Waals surface area contributed by atoms with Crippen molar-refractivity contribution in [3.63, 3.8) is 0 Å². The van der Waals surface area contributed by atoms with Gasteiger partial charge in [-0.05, 0) is 44.1 Å². The summed E-state index contributed by atoms with van der Waals surface area (Å²) in [6.07, 6.45) is 2.27. The fraction of sp³-hybridized carbons (Fsp3) is 0.600. The minimum absolute atomic E-state index is 0.0416. The fourth-order valence-corrected chi connectivity index (χ4v) is 3.10. The van der Waals surface area contributed by atoms with E-state index in [0.29, 0.717) is 6.04 Å². The van der Waals surface area contributed by atoms with Crippen LogP contribution in [0.1, 0.15) is 25.3 Å². The fourth-order valence-electron chi connectivity index (χ4n) is 2.79. The van der Waals surface area contributed by atoms with Gasteiger partial charge >= 0.3 is 0 Å². The monoisotopic (exact) mass is 282 g/mol. The smallest absolute Gasteiger partial charge is 0.0682 e. The zero-order valence-electron chi connectivity index (χ0n) is 11.8. The predicted molar refractivity (Wildman–Crippen MR) is 80.9 cm³/mol. The predicted octanol–water partition coefficient (Wildman–Crippen LogP) is 2.75. The standard InChI is InChI=1S/C15H23ClN2O/c1-3-13-10-17(2)7-4-8-18(13)15-6-5-12(11-19)9-14(15)16/h5-6,9,13,19H,3-4,7-8,10-11H2,1-2H3. The first-order valence-electron chi connectivity index (χ1n) is 7.00. The van der Waals surface area contributed by atoms with Crippen molar-refractivity contribution in [2.24, 2.45) is 0 Å². The summed E-state index contributed by atoms with van der Waals surface area (Å²) in [5.41, 5.74) is 1.97. The molecule has 2 rings (SSSR count). The molecule has 1 atom stereocenters. The molecule has 1 fully saturated rings. The number of halogens is 1. The molecule has 0 amide bonds. The van der Waals surface area contributed by atoms with E-state index in [1.54, 1.807) is 0 Å². The number of benzene rings is 1. The van der Waals surface area contributed by atoms with Crippen LogP contribution >= 0.6 is 11.6 Å². The molecule has 4 heteroatoms. The first-order chi connectivity index (χ1) is 9.15. The van der Waals surface area contributed by atoms with Gasteiger partial charge in [-0.15, -0.1) is 0 Å². The average molecular weight is 283 g/mol. The number of aliphatic hydroxyl groups excluding tert-OH is 1. The molecule has 1 aromatic carbocycles. The lowest BCUT2D eigenvalue weighted by molar-refractivity contribution is 0.282. The minimum Gasteiger partial charge on any atom is -0.392 e. The van der Waals surface area contributed by atoms with Crippen LogP contribution in [0.25, 0.3) is 0 Å². The summed E-state index contributed by atoms with van der Waals surface area (Å²) < 4.78 is 0. The van der Waals surface area contributed by atoms with Gasteiger partial charge in [0.25, 0.3) is 0 Å². The van der Waals surface area contributed by atoms with Crippen LogP contribution in [0.5, 0.6) is 0 Å². The topological polar surface area (TPSA) is 26.7 Å². The van der Waals surface area contributed by atoms with Crippen molar-refractivity contribution in [1.29, 1.82) is 0 Å². The molecule has 1 aromatic rings. The largest absolute Gasteiger partial charge is 0.392 e. The molecule has 0 aliphatic carbocycles. The van der Waals surface area contributed by atoms with Crippen LogP contribution in [0.15, 0.2) is 18.2 Å². The van der Waals surface area contributed by atoms with Gasteiger partial charge in [-0.3, -0.25) is 0 Å². The Labute approximate surface area is 120 Å². The van der Waals surface area contributed by atoms with Crippen molar-refractivity contribution in [1.82, 2.24) is 4.90 Å². The maximum atomic E-state index is 9.16. The SMILES string of the molecule is CCC1CN(C)CCCN1c1ccc(CO)cc1Cl. The normalized spacial score (nSPS) is 21.5. The number of nitrogens with zero attached hydrogens (tertiary/aromatic N) is 2. The minimum atomic E-state index is 0.0416. The van der Waals surface area contributed by atoms with Gasteiger partial charge in [0.2, 0.25) is 0 Å². The van der Waals surface area contributed by atoms with Gasteiger partial charge in [0.15, 0.2) is 0 Å². The van der Waals surface area contributed by atoms with E-state index >= 15 is 0 Å². The molecular weight excluding hydrogens is 260 g/mol. The Balaban J connectivity index is 2.27. The summed E-state index contributed by atoms with van der Waals surface area (Å²) in [6.45, 7) is 5.53. The third-order valence-electron chi connectivity index (χ3n) is 3.88. The highest BCUT2D eigenvalue weighted by atomic mass is 35.5. The molecule has 0 bridgehead atoms. The van der Waals surface area contributed by atoms with Gasteiger partial charge < -0.3 is 14.9 Å². The lowest BCUT2D eigenvalue weighted by Crippen LogP contribution is -2.40. The van der Waals surface area contributed by atoms with Gasteiger partial charge in [-0.1, -0.05) is 24.6 Å². The Morgan fingerprint density at radius 2 is 2.16 bits per heavy atom. The Morgan fingerprint density at radius 3 is 2.79 bits per heavy atom. The summed E-state index contributed by atoms with van der Waals surface area (Å²) in [5.74, 6) is 0. The van der Waals surface area contributed by atoms with Crippen LogP contribution in [0, 0.1) is 0 Å². The maximum Gasteiger partial charge on any atom is 0.0682 e. The maximum absolute atomic E-state index is 9.16. The van der Waals surface area contributed by atoms with Gasteiger partial charge in [0.1, 0.15) is 0 Å². The zero-order valence-corrected chi connectivity index (χ0v) is 12.5. The first kappa shape index (κ1) is 14.6. The van der Waals surface area contributed by atoms with E-state index in [9.17, 15) is 0 Å². The van der Waals surface area contributed by atoms with Crippen molar-refractivity contribution in [2.45, 2.75) is 32.4 Å². The highest BCUT2D eigenvalue weighted by Crippen LogP contribution is 2.30.